The second-order valence-corrected chi connectivity index (χ2v) is 7.01. The van der Waals surface area contributed by atoms with E-state index in [4.69, 9.17) is 4.74 Å². The molecule has 1 aliphatic rings. The van der Waals surface area contributed by atoms with E-state index >= 15 is 0 Å². The first kappa shape index (κ1) is 26.0. The van der Waals surface area contributed by atoms with Crippen molar-refractivity contribution in [3.8, 4) is 0 Å². The highest BCUT2D eigenvalue weighted by Crippen LogP contribution is 2.33. The number of guanidine groups is 1. The lowest BCUT2D eigenvalue weighted by molar-refractivity contribution is -0.173. The summed E-state index contributed by atoms with van der Waals surface area (Å²) in [7, 11) is 1.67. The van der Waals surface area contributed by atoms with Crippen LogP contribution < -0.4 is 10.6 Å². The zero-order chi connectivity index (χ0) is 20.4. The van der Waals surface area contributed by atoms with Crippen molar-refractivity contribution in [2.75, 3.05) is 40.0 Å². The third-order valence-electron chi connectivity index (χ3n) is 4.63. The van der Waals surface area contributed by atoms with Crippen LogP contribution in [0, 0.1) is 12.8 Å². The summed E-state index contributed by atoms with van der Waals surface area (Å²) in [6.45, 7) is 2.87. The maximum Gasteiger partial charge on any atom is 0.411 e. The van der Waals surface area contributed by atoms with Crippen molar-refractivity contribution in [3.63, 3.8) is 0 Å². The molecule has 2 N–H and O–H groups in total. The fraction of sp³-hybridized carbons (Fsp3) is 0.650. The van der Waals surface area contributed by atoms with Crippen molar-refractivity contribution in [3.05, 3.63) is 35.4 Å². The van der Waals surface area contributed by atoms with Crippen LogP contribution in [-0.4, -0.2) is 52.1 Å². The summed E-state index contributed by atoms with van der Waals surface area (Å²) in [5, 5.41) is 6.41. The number of rotatable bonds is 8. The summed E-state index contributed by atoms with van der Waals surface area (Å²) in [6.07, 6.45) is -1.67. The van der Waals surface area contributed by atoms with Crippen LogP contribution >= 0.6 is 24.0 Å². The maximum absolute atomic E-state index is 12.0. The molecule has 0 spiro atoms. The van der Waals surface area contributed by atoms with Crippen molar-refractivity contribution in [1.82, 2.24) is 10.6 Å². The van der Waals surface area contributed by atoms with Gasteiger partial charge in [-0.3, -0.25) is 4.99 Å². The molecular formula is C20H31F3IN3O2. The quantitative estimate of drug-likeness (QED) is 0.229. The van der Waals surface area contributed by atoms with Crippen LogP contribution in [0.4, 0.5) is 13.2 Å². The molecule has 9 heteroatoms. The molecule has 1 aromatic rings. The number of halogens is 4. The summed E-state index contributed by atoms with van der Waals surface area (Å²) < 4.78 is 46.7. The molecule has 1 fully saturated rings. The van der Waals surface area contributed by atoms with E-state index in [0.29, 0.717) is 31.4 Å². The number of benzene rings is 1. The fourth-order valence-electron chi connectivity index (χ4n) is 3.19. The fourth-order valence-corrected chi connectivity index (χ4v) is 3.19. The number of aryl methyl sites for hydroxylation is 1. The molecule has 0 saturated carbocycles. The lowest BCUT2D eigenvalue weighted by Crippen LogP contribution is -2.42. The Morgan fingerprint density at radius 2 is 1.97 bits per heavy atom. The van der Waals surface area contributed by atoms with E-state index in [0.717, 1.165) is 19.4 Å². The number of aliphatic imine (C=N–C) groups is 1. The van der Waals surface area contributed by atoms with Crippen LogP contribution in [0.5, 0.6) is 0 Å². The van der Waals surface area contributed by atoms with Gasteiger partial charge in [-0.15, -0.1) is 24.0 Å². The van der Waals surface area contributed by atoms with Crippen LogP contribution in [-0.2, 0) is 9.47 Å². The van der Waals surface area contributed by atoms with Gasteiger partial charge in [-0.2, -0.15) is 13.2 Å². The van der Waals surface area contributed by atoms with E-state index in [2.05, 4.69) is 51.6 Å². The van der Waals surface area contributed by atoms with Crippen LogP contribution in [0.2, 0.25) is 0 Å². The highest BCUT2D eigenvalue weighted by molar-refractivity contribution is 14.0. The number of ether oxygens (including phenoxy) is 2. The molecule has 2 rings (SSSR count). The molecule has 0 bridgehead atoms. The minimum Gasteiger partial charge on any atom is -0.373 e. The van der Waals surface area contributed by atoms with E-state index in [1.54, 1.807) is 7.05 Å². The SMILES string of the molecule is CN=C(NCCCOCC(F)(F)F)NCC1CCCOC1c1ccc(C)cc1.I. The predicted octanol–water partition coefficient (Wildman–Crippen LogP) is 4.21. The third kappa shape index (κ3) is 9.99. The van der Waals surface area contributed by atoms with E-state index in [9.17, 15) is 13.2 Å². The van der Waals surface area contributed by atoms with Crippen molar-refractivity contribution >= 4 is 29.9 Å². The van der Waals surface area contributed by atoms with Crippen LogP contribution in [0.3, 0.4) is 0 Å². The van der Waals surface area contributed by atoms with Crippen molar-refractivity contribution < 1.29 is 22.6 Å². The summed E-state index contributed by atoms with van der Waals surface area (Å²) in [5.41, 5.74) is 2.40. The molecule has 1 heterocycles. The normalized spacial score (nSPS) is 20.1. The highest BCUT2D eigenvalue weighted by atomic mass is 127. The van der Waals surface area contributed by atoms with Gasteiger partial charge in [0.15, 0.2) is 5.96 Å². The first-order chi connectivity index (χ1) is 13.4. The average Bonchev–Trinajstić information content (AvgIpc) is 2.67. The first-order valence-electron chi connectivity index (χ1n) is 9.66. The third-order valence-corrected chi connectivity index (χ3v) is 4.63. The predicted molar refractivity (Wildman–Crippen MR) is 119 cm³/mol. The lowest BCUT2D eigenvalue weighted by atomic mass is 9.89. The summed E-state index contributed by atoms with van der Waals surface area (Å²) in [4.78, 5) is 4.17. The lowest BCUT2D eigenvalue weighted by Gasteiger charge is -2.32. The Bertz CT molecular complexity index is 612. The van der Waals surface area contributed by atoms with Gasteiger partial charge in [-0.05, 0) is 31.7 Å². The number of hydrogen-bond donors (Lipinski definition) is 2. The molecule has 166 valence electrons. The molecule has 29 heavy (non-hydrogen) atoms. The van der Waals surface area contributed by atoms with Crippen LogP contribution in [0.1, 0.15) is 36.5 Å². The Kier molecular flexibility index (Phi) is 11.9. The zero-order valence-corrected chi connectivity index (χ0v) is 19.3. The molecule has 0 aliphatic carbocycles. The molecule has 1 saturated heterocycles. The maximum atomic E-state index is 12.0. The Morgan fingerprint density at radius 1 is 1.24 bits per heavy atom. The largest absolute Gasteiger partial charge is 0.411 e. The van der Waals surface area contributed by atoms with Gasteiger partial charge < -0.3 is 20.1 Å². The topological polar surface area (TPSA) is 54.9 Å². The minimum absolute atomic E-state index is 0. The molecule has 0 aromatic heterocycles. The van der Waals surface area contributed by atoms with E-state index in [1.165, 1.54) is 11.1 Å². The molecule has 2 unspecified atom stereocenters. The molecular weight excluding hydrogens is 498 g/mol. The van der Waals surface area contributed by atoms with Gasteiger partial charge in [0.2, 0.25) is 0 Å². The first-order valence-corrected chi connectivity index (χ1v) is 9.66. The molecule has 2 atom stereocenters. The van der Waals surface area contributed by atoms with Gasteiger partial charge >= 0.3 is 6.18 Å². The second-order valence-electron chi connectivity index (χ2n) is 7.01. The Balaban J connectivity index is 0.00000420. The number of hydrogen-bond acceptors (Lipinski definition) is 3. The van der Waals surface area contributed by atoms with Crippen molar-refractivity contribution in [2.45, 2.75) is 38.5 Å². The standard InChI is InChI=1S/C20H30F3N3O2.HI/c1-15-6-8-16(9-7-15)18-17(5-3-12-28-18)13-26-19(24-2)25-10-4-11-27-14-20(21,22)23;/h6-9,17-18H,3-5,10-14H2,1-2H3,(H2,24,25,26);1H. The van der Waals surface area contributed by atoms with Gasteiger partial charge in [0, 0.05) is 39.3 Å². The van der Waals surface area contributed by atoms with Gasteiger partial charge in [0.05, 0.1) is 6.10 Å². The summed E-state index contributed by atoms with van der Waals surface area (Å²) >= 11 is 0. The molecule has 1 aliphatic heterocycles. The van der Waals surface area contributed by atoms with Gasteiger partial charge in [-0.25, -0.2) is 0 Å². The summed E-state index contributed by atoms with van der Waals surface area (Å²) in [5.74, 6) is 0.953. The van der Waals surface area contributed by atoms with Crippen LogP contribution in [0.15, 0.2) is 29.3 Å². The smallest absolute Gasteiger partial charge is 0.373 e. The van der Waals surface area contributed by atoms with Gasteiger partial charge in [-0.1, -0.05) is 29.8 Å². The van der Waals surface area contributed by atoms with Gasteiger partial charge in [0.1, 0.15) is 6.61 Å². The molecule has 0 amide bonds. The van der Waals surface area contributed by atoms with Crippen molar-refractivity contribution in [1.29, 1.82) is 0 Å². The molecule has 0 radical (unpaired) electrons. The Morgan fingerprint density at radius 3 is 2.62 bits per heavy atom. The van der Waals surface area contributed by atoms with Crippen molar-refractivity contribution in [2.24, 2.45) is 10.9 Å². The number of alkyl halides is 3. The van der Waals surface area contributed by atoms with Gasteiger partial charge in [0.25, 0.3) is 0 Å². The highest BCUT2D eigenvalue weighted by Gasteiger charge is 2.28. The Hall–Kier alpha value is -1.07. The number of nitrogens with zero attached hydrogens (tertiary/aromatic N) is 1. The van der Waals surface area contributed by atoms with E-state index in [1.807, 2.05) is 0 Å². The monoisotopic (exact) mass is 529 g/mol. The van der Waals surface area contributed by atoms with E-state index in [-0.39, 0.29) is 36.7 Å². The second kappa shape index (κ2) is 13.3. The van der Waals surface area contributed by atoms with Crippen LogP contribution in [0.25, 0.3) is 0 Å². The molecule has 5 nitrogen and oxygen atoms in total. The summed E-state index contributed by atoms with van der Waals surface area (Å²) in [6, 6.07) is 8.43. The van der Waals surface area contributed by atoms with E-state index < -0.39 is 12.8 Å². The Labute approximate surface area is 187 Å². The zero-order valence-electron chi connectivity index (χ0n) is 16.9. The molecule has 1 aromatic carbocycles. The minimum atomic E-state index is -4.28. The number of nitrogens with one attached hydrogen (secondary N) is 2. The average molecular weight is 529 g/mol.